The Morgan fingerprint density at radius 2 is 1.86 bits per heavy atom. The van der Waals surface area contributed by atoms with E-state index in [1.807, 2.05) is 0 Å². The summed E-state index contributed by atoms with van der Waals surface area (Å²) < 4.78 is 0. The molecule has 1 unspecified atom stereocenters. The van der Waals surface area contributed by atoms with Gasteiger partial charge in [-0.1, -0.05) is 12.1 Å². The number of nitrogens with one attached hydrogen (secondary N) is 1. The number of nitriles is 1. The first-order valence-electron chi connectivity index (χ1n) is 9.02. The lowest BCUT2D eigenvalue weighted by Crippen LogP contribution is -2.07. The average Bonchev–Trinajstić information content (AvgIpc) is 3.51. The van der Waals surface area contributed by atoms with Gasteiger partial charge in [0.1, 0.15) is 18.5 Å². The minimum atomic E-state index is -0.862. The van der Waals surface area contributed by atoms with Crippen molar-refractivity contribution in [1.29, 1.82) is 5.26 Å². The van der Waals surface area contributed by atoms with Crippen molar-refractivity contribution >= 4 is 6.21 Å². The molecule has 2 aromatic rings. The second-order valence-electron chi connectivity index (χ2n) is 6.75. The van der Waals surface area contributed by atoms with Crippen molar-refractivity contribution in [1.82, 2.24) is 4.98 Å². The van der Waals surface area contributed by atoms with Gasteiger partial charge in [-0.2, -0.15) is 5.26 Å². The Kier molecular flexibility index (Phi) is 6.24. The molecule has 1 heterocycles. The molecule has 28 heavy (non-hydrogen) atoms. The number of benzene rings is 1. The lowest BCUT2D eigenvalue weighted by Gasteiger charge is -2.18. The van der Waals surface area contributed by atoms with Crippen LogP contribution in [0.3, 0.4) is 0 Å². The van der Waals surface area contributed by atoms with Crippen LogP contribution >= 0.6 is 0 Å². The number of hydrogen-bond donors (Lipinski definition) is 6. The monoisotopic (exact) mass is 385 g/mol. The highest BCUT2D eigenvalue weighted by molar-refractivity contribution is 5.92. The molecule has 8 nitrogen and oxygen atoms in total. The molecule has 1 aliphatic rings. The Balaban J connectivity index is 2.32. The molecule has 1 aromatic heterocycles. The molecule has 1 saturated carbocycles. The smallest absolute Gasteiger partial charge is 0.134 e. The summed E-state index contributed by atoms with van der Waals surface area (Å²) in [5.74, 6) is 0.0517. The number of aliphatic imine (C=N–C) groups is 1. The van der Waals surface area contributed by atoms with E-state index in [-0.39, 0.29) is 24.8 Å². The van der Waals surface area contributed by atoms with Gasteiger partial charge >= 0.3 is 0 Å². The second-order valence-corrected chi connectivity index (χ2v) is 6.75. The molecule has 1 aliphatic carbocycles. The minimum Gasteiger partial charge on any atom is -0.392 e. The van der Waals surface area contributed by atoms with Crippen LogP contribution in [0.2, 0.25) is 0 Å². The summed E-state index contributed by atoms with van der Waals surface area (Å²) in [4.78, 5) is 6.76. The number of nitrogens with zero attached hydrogens (tertiary/aromatic N) is 2. The normalized spacial score (nSPS) is 15.1. The van der Waals surface area contributed by atoms with Crippen LogP contribution in [0, 0.1) is 17.2 Å². The van der Waals surface area contributed by atoms with Gasteiger partial charge in [-0.15, -0.1) is 0 Å². The van der Waals surface area contributed by atoms with Crippen molar-refractivity contribution in [3.8, 4) is 17.2 Å². The standard InChI is InChI=1S/C20H23N3O5/c21-5-16-19(20(28)11-1-2-11)18(17(23-16)6-22-10-27)13-4-3-12(7-24)14(8-25)15(13)9-26/h3-4,6,11,20,23-28H,1-2,7-10H2. The van der Waals surface area contributed by atoms with Crippen LogP contribution in [0.15, 0.2) is 17.1 Å². The van der Waals surface area contributed by atoms with Gasteiger partial charge in [-0.05, 0) is 41.0 Å². The van der Waals surface area contributed by atoms with Gasteiger partial charge in [0.25, 0.3) is 0 Å². The van der Waals surface area contributed by atoms with E-state index in [1.165, 1.54) is 6.21 Å². The molecular weight excluding hydrogens is 362 g/mol. The molecular formula is C20H23N3O5. The summed E-state index contributed by atoms with van der Waals surface area (Å²) in [6.45, 7) is -1.52. The highest BCUT2D eigenvalue weighted by Crippen LogP contribution is 2.46. The molecule has 1 fully saturated rings. The third kappa shape index (κ3) is 3.58. The maximum atomic E-state index is 10.8. The molecule has 148 valence electrons. The number of aliphatic hydroxyl groups is 5. The predicted octanol–water partition coefficient (Wildman–Crippen LogP) is 0.842. The van der Waals surface area contributed by atoms with Gasteiger partial charge in [-0.3, -0.25) is 4.99 Å². The SMILES string of the molecule is N#Cc1[nH]c(C=NCO)c(-c2ccc(CO)c(CO)c2CO)c1C(O)C1CC1. The first-order chi connectivity index (χ1) is 13.6. The van der Waals surface area contributed by atoms with E-state index in [4.69, 9.17) is 5.11 Å². The number of aromatic nitrogens is 1. The van der Waals surface area contributed by atoms with E-state index < -0.39 is 19.4 Å². The van der Waals surface area contributed by atoms with E-state index >= 15 is 0 Å². The van der Waals surface area contributed by atoms with Crippen LogP contribution in [0.25, 0.3) is 11.1 Å². The number of hydrogen-bond acceptors (Lipinski definition) is 7. The summed E-state index contributed by atoms with van der Waals surface area (Å²) in [6, 6.07) is 5.38. The largest absolute Gasteiger partial charge is 0.392 e. The van der Waals surface area contributed by atoms with Crippen LogP contribution in [0.5, 0.6) is 0 Å². The summed E-state index contributed by atoms with van der Waals surface area (Å²) in [5, 5.41) is 58.8. The van der Waals surface area contributed by atoms with Crippen molar-refractivity contribution in [2.45, 2.75) is 38.8 Å². The second kappa shape index (κ2) is 8.65. The zero-order valence-corrected chi connectivity index (χ0v) is 15.3. The van der Waals surface area contributed by atoms with Gasteiger partial charge in [-0.25, -0.2) is 0 Å². The summed E-state index contributed by atoms with van der Waals surface area (Å²) >= 11 is 0. The molecule has 0 bridgehead atoms. The molecule has 0 aliphatic heterocycles. The van der Waals surface area contributed by atoms with Crippen molar-refractivity contribution in [2.24, 2.45) is 10.9 Å². The molecule has 8 heteroatoms. The molecule has 1 atom stereocenters. The quantitative estimate of drug-likeness (QED) is 0.370. The van der Waals surface area contributed by atoms with E-state index in [9.17, 15) is 25.7 Å². The predicted molar refractivity (Wildman–Crippen MR) is 101 cm³/mol. The van der Waals surface area contributed by atoms with Crippen LogP contribution in [0.4, 0.5) is 0 Å². The average molecular weight is 385 g/mol. The maximum absolute atomic E-state index is 10.8. The van der Waals surface area contributed by atoms with Gasteiger partial charge in [0, 0.05) is 17.3 Å². The lowest BCUT2D eigenvalue weighted by atomic mass is 9.88. The van der Waals surface area contributed by atoms with Gasteiger partial charge in [0.15, 0.2) is 0 Å². The van der Waals surface area contributed by atoms with Gasteiger partial charge in [0.2, 0.25) is 0 Å². The van der Waals surface area contributed by atoms with Crippen LogP contribution in [-0.2, 0) is 19.8 Å². The Morgan fingerprint density at radius 1 is 1.14 bits per heavy atom. The van der Waals surface area contributed by atoms with E-state index in [2.05, 4.69) is 16.0 Å². The van der Waals surface area contributed by atoms with Crippen molar-refractivity contribution < 1.29 is 25.5 Å². The highest BCUT2D eigenvalue weighted by Gasteiger charge is 2.36. The fourth-order valence-electron chi connectivity index (χ4n) is 3.59. The van der Waals surface area contributed by atoms with Crippen molar-refractivity contribution in [3.05, 3.63) is 45.8 Å². The Hall–Kier alpha value is -2.54. The molecule has 0 radical (unpaired) electrons. The molecule has 1 aromatic carbocycles. The third-order valence-corrected chi connectivity index (χ3v) is 5.13. The van der Waals surface area contributed by atoms with Crippen molar-refractivity contribution in [3.63, 3.8) is 0 Å². The fraction of sp³-hybridized carbons (Fsp3) is 0.400. The van der Waals surface area contributed by atoms with Crippen molar-refractivity contribution in [2.75, 3.05) is 6.73 Å². The highest BCUT2D eigenvalue weighted by atomic mass is 16.3. The Bertz CT molecular complexity index is 925. The molecule has 0 amide bonds. The van der Waals surface area contributed by atoms with E-state index in [1.54, 1.807) is 12.1 Å². The van der Waals surface area contributed by atoms with Gasteiger partial charge < -0.3 is 30.5 Å². The maximum Gasteiger partial charge on any atom is 0.134 e. The fourth-order valence-corrected chi connectivity index (χ4v) is 3.59. The zero-order chi connectivity index (χ0) is 20.3. The molecule has 0 spiro atoms. The lowest BCUT2D eigenvalue weighted by molar-refractivity contribution is 0.154. The van der Waals surface area contributed by atoms with E-state index in [0.29, 0.717) is 39.1 Å². The number of rotatable bonds is 8. The van der Waals surface area contributed by atoms with E-state index in [0.717, 1.165) is 12.8 Å². The molecule has 6 N–H and O–H groups in total. The zero-order valence-electron chi connectivity index (χ0n) is 15.3. The van der Waals surface area contributed by atoms with Crippen LogP contribution in [-0.4, -0.2) is 43.5 Å². The third-order valence-electron chi connectivity index (χ3n) is 5.13. The first kappa shape index (κ1) is 20.2. The number of H-pyrrole nitrogens is 1. The number of aliphatic hydroxyl groups excluding tert-OH is 5. The van der Waals surface area contributed by atoms with Crippen LogP contribution in [0.1, 0.15) is 52.6 Å². The molecule has 0 saturated heterocycles. The molecule has 3 rings (SSSR count). The first-order valence-corrected chi connectivity index (χ1v) is 9.02. The minimum absolute atomic E-state index is 0.0517. The summed E-state index contributed by atoms with van der Waals surface area (Å²) in [5.41, 5.74) is 3.33. The Morgan fingerprint density at radius 3 is 2.39 bits per heavy atom. The Labute approximate surface area is 162 Å². The summed E-state index contributed by atoms with van der Waals surface area (Å²) in [6.07, 6.45) is 2.22. The summed E-state index contributed by atoms with van der Waals surface area (Å²) in [7, 11) is 0. The number of aromatic amines is 1. The topological polar surface area (TPSA) is 153 Å². The van der Waals surface area contributed by atoms with Gasteiger partial charge in [0.05, 0.1) is 31.6 Å². The van der Waals surface area contributed by atoms with Crippen LogP contribution < -0.4 is 0 Å².